The highest BCUT2D eigenvalue weighted by atomic mass is 19.2. The molecule has 1 aromatic carbocycles. The third kappa shape index (κ3) is 4.33. The lowest BCUT2D eigenvalue weighted by molar-refractivity contribution is 0.0928. The van der Waals surface area contributed by atoms with Crippen LogP contribution in [0.25, 0.3) is 0 Å². The fourth-order valence-electron chi connectivity index (χ4n) is 3.06. The van der Waals surface area contributed by atoms with Gasteiger partial charge in [0.1, 0.15) is 5.69 Å². The van der Waals surface area contributed by atoms with Gasteiger partial charge in [0, 0.05) is 6.04 Å². The molecule has 3 rings (SSSR count). The molecule has 2 aromatic rings. The Morgan fingerprint density at radius 2 is 1.69 bits per heavy atom. The van der Waals surface area contributed by atoms with Crippen LogP contribution in [0.4, 0.5) is 24.5 Å². The van der Waals surface area contributed by atoms with E-state index in [1.165, 1.54) is 31.2 Å². The van der Waals surface area contributed by atoms with Crippen molar-refractivity contribution in [2.75, 3.05) is 5.32 Å². The van der Waals surface area contributed by atoms with Gasteiger partial charge in [0.25, 0.3) is 5.91 Å². The molecule has 0 atom stereocenters. The summed E-state index contributed by atoms with van der Waals surface area (Å²) in [4.78, 5) is 16.4. The van der Waals surface area contributed by atoms with Gasteiger partial charge < -0.3 is 10.6 Å². The summed E-state index contributed by atoms with van der Waals surface area (Å²) in [5, 5.41) is 5.61. The minimum Gasteiger partial charge on any atom is -0.352 e. The smallest absolute Gasteiger partial charge is 0.270 e. The van der Waals surface area contributed by atoms with Crippen LogP contribution in [0.2, 0.25) is 0 Å². The number of amides is 1. The number of nitrogens with zero attached hydrogens (tertiary/aromatic N) is 1. The van der Waals surface area contributed by atoms with Crippen molar-refractivity contribution in [3.05, 3.63) is 53.6 Å². The van der Waals surface area contributed by atoms with E-state index >= 15 is 0 Å². The van der Waals surface area contributed by atoms with Crippen molar-refractivity contribution >= 4 is 17.3 Å². The van der Waals surface area contributed by atoms with Crippen molar-refractivity contribution in [3.8, 4) is 0 Å². The molecule has 0 aliphatic heterocycles. The zero-order valence-electron chi connectivity index (χ0n) is 14.2. The number of rotatable bonds is 4. The van der Waals surface area contributed by atoms with E-state index in [1.54, 1.807) is 0 Å². The van der Waals surface area contributed by atoms with Crippen molar-refractivity contribution in [2.24, 2.45) is 0 Å². The van der Waals surface area contributed by atoms with Crippen molar-refractivity contribution in [2.45, 2.75) is 44.6 Å². The Kier molecular flexibility index (Phi) is 5.75. The number of hydrogen-bond acceptors (Lipinski definition) is 3. The predicted octanol–water partition coefficient (Wildman–Crippen LogP) is 4.70. The largest absolute Gasteiger partial charge is 0.352 e. The van der Waals surface area contributed by atoms with Crippen molar-refractivity contribution in [1.29, 1.82) is 0 Å². The topological polar surface area (TPSA) is 54.0 Å². The third-order valence-corrected chi connectivity index (χ3v) is 4.50. The molecule has 1 heterocycles. The summed E-state index contributed by atoms with van der Waals surface area (Å²) in [6.07, 6.45) is 7.92. The number of benzene rings is 1. The Labute approximate surface area is 149 Å². The van der Waals surface area contributed by atoms with Gasteiger partial charge in [-0.2, -0.15) is 0 Å². The molecule has 0 radical (unpaired) electrons. The van der Waals surface area contributed by atoms with E-state index in [1.807, 2.05) is 0 Å². The van der Waals surface area contributed by atoms with Gasteiger partial charge in [0.05, 0.1) is 17.6 Å². The van der Waals surface area contributed by atoms with Crippen LogP contribution < -0.4 is 10.6 Å². The zero-order chi connectivity index (χ0) is 18.5. The monoisotopic (exact) mass is 363 g/mol. The fraction of sp³-hybridized carbons (Fsp3) is 0.368. The van der Waals surface area contributed by atoms with E-state index in [0.29, 0.717) is 5.69 Å². The fourth-order valence-corrected chi connectivity index (χ4v) is 3.06. The summed E-state index contributed by atoms with van der Waals surface area (Å²) < 4.78 is 39.9. The number of carbonyl (C=O) groups is 1. The Morgan fingerprint density at radius 1 is 0.962 bits per heavy atom. The van der Waals surface area contributed by atoms with Crippen LogP contribution in [0, 0.1) is 17.5 Å². The Balaban J connectivity index is 1.64. The average Bonchev–Trinajstić information content (AvgIpc) is 2.91. The van der Waals surface area contributed by atoms with E-state index in [0.717, 1.165) is 37.8 Å². The summed E-state index contributed by atoms with van der Waals surface area (Å²) in [7, 11) is 0. The molecule has 2 N–H and O–H groups in total. The van der Waals surface area contributed by atoms with Crippen molar-refractivity contribution in [3.63, 3.8) is 0 Å². The Bertz CT molecular complexity index is 772. The van der Waals surface area contributed by atoms with E-state index in [9.17, 15) is 18.0 Å². The predicted molar refractivity (Wildman–Crippen MR) is 92.8 cm³/mol. The molecule has 26 heavy (non-hydrogen) atoms. The highest BCUT2D eigenvalue weighted by Gasteiger charge is 2.17. The lowest BCUT2D eigenvalue weighted by Gasteiger charge is -2.16. The summed E-state index contributed by atoms with van der Waals surface area (Å²) in [6.45, 7) is 0. The Morgan fingerprint density at radius 3 is 2.35 bits per heavy atom. The highest BCUT2D eigenvalue weighted by molar-refractivity contribution is 5.92. The lowest BCUT2D eigenvalue weighted by atomic mass is 10.1. The van der Waals surface area contributed by atoms with E-state index in [-0.39, 0.29) is 23.3 Å². The molecule has 4 nitrogen and oxygen atoms in total. The normalized spacial score (nSPS) is 15.3. The minimum atomic E-state index is -1.54. The van der Waals surface area contributed by atoms with Gasteiger partial charge in [0.2, 0.25) is 0 Å². The molecule has 0 unspecified atom stereocenters. The van der Waals surface area contributed by atoms with Gasteiger partial charge in [0.15, 0.2) is 17.5 Å². The van der Waals surface area contributed by atoms with Gasteiger partial charge in [-0.05, 0) is 37.1 Å². The first-order valence-electron chi connectivity index (χ1n) is 8.72. The molecular weight excluding hydrogens is 343 g/mol. The second kappa shape index (κ2) is 8.21. The SMILES string of the molecule is O=C(NC1CCCCCC1)c1ccc(Nc2ccc(F)c(F)c2F)cn1. The number of nitrogens with one attached hydrogen (secondary N) is 2. The number of pyridine rings is 1. The van der Waals surface area contributed by atoms with Crippen LogP contribution in [0.5, 0.6) is 0 Å². The van der Waals surface area contributed by atoms with Gasteiger partial charge in [-0.15, -0.1) is 0 Å². The van der Waals surface area contributed by atoms with Crippen molar-refractivity contribution in [1.82, 2.24) is 10.3 Å². The van der Waals surface area contributed by atoms with Crippen LogP contribution >= 0.6 is 0 Å². The summed E-state index contributed by atoms with van der Waals surface area (Å²) in [5.74, 6) is -4.35. The van der Waals surface area contributed by atoms with Crippen LogP contribution in [0.15, 0.2) is 30.5 Å². The second-order valence-corrected chi connectivity index (χ2v) is 6.44. The van der Waals surface area contributed by atoms with Gasteiger partial charge in [-0.25, -0.2) is 18.2 Å². The number of anilines is 2. The maximum atomic E-state index is 13.7. The number of carbonyl (C=O) groups excluding carboxylic acids is 1. The van der Waals surface area contributed by atoms with Crippen LogP contribution in [-0.4, -0.2) is 16.9 Å². The zero-order valence-corrected chi connectivity index (χ0v) is 14.2. The number of halogens is 3. The summed E-state index contributed by atoms with van der Waals surface area (Å²) in [6, 6.07) is 5.14. The maximum absolute atomic E-state index is 13.7. The van der Waals surface area contributed by atoms with Gasteiger partial charge in [-0.1, -0.05) is 25.7 Å². The molecule has 1 saturated carbocycles. The number of hydrogen-bond donors (Lipinski definition) is 2. The average molecular weight is 363 g/mol. The molecular formula is C19H20F3N3O. The molecule has 1 amide bonds. The van der Waals surface area contributed by atoms with Gasteiger partial charge in [-0.3, -0.25) is 4.79 Å². The molecule has 1 aliphatic rings. The summed E-state index contributed by atoms with van der Waals surface area (Å²) in [5.41, 5.74) is 0.410. The first-order chi connectivity index (χ1) is 12.5. The molecule has 1 aromatic heterocycles. The standard InChI is InChI=1S/C19H20F3N3O/c20-14-8-10-15(18(22)17(14)21)24-13-7-9-16(23-11-13)19(26)25-12-5-3-1-2-4-6-12/h7-12,24H,1-6H2,(H,25,26). The first-order valence-corrected chi connectivity index (χ1v) is 8.72. The van der Waals surface area contributed by atoms with E-state index in [4.69, 9.17) is 0 Å². The molecule has 0 saturated heterocycles. The molecule has 1 fully saturated rings. The van der Waals surface area contributed by atoms with E-state index in [2.05, 4.69) is 15.6 Å². The Hall–Kier alpha value is -2.57. The summed E-state index contributed by atoms with van der Waals surface area (Å²) >= 11 is 0. The van der Waals surface area contributed by atoms with Crippen LogP contribution in [-0.2, 0) is 0 Å². The first kappa shape index (κ1) is 18.2. The quantitative estimate of drug-likeness (QED) is 0.612. The number of aromatic nitrogens is 1. The second-order valence-electron chi connectivity index (χ2n) is 6.44. The molecule has 0 bridgehead atoms. The van der Waals surface area contributed by atoms with Crippen molar-refractivity contribution < 1.29 is 18.0 Å². The molecule has 7 heteroatoms. The van der Waals surface area contributed by atoms with Gasteiger partial charge >= 0.3 is 0 Å². The van der Waals surface area contributed by atoms with Crippen LogP contribution in [0.3, 0.4) is 0 Å². The molecule has 0 spiro atoms. The highest BCUT2D eigenvalue weighted by Crippen LogP contribution is 2.23. The van der Waals surface area contributed by atoms with Crippen LogP contribution in [0.1, 0.15) is 49.0 Å². The third-order valence-electron chi connectivity index (χ3n) is 4.50. The maximum Gasteiger partial charge on any atom is 0.270 e. The molecule has 1 aliphatic carbocycles. The molecule has 138 valence electrons. The minimum absolute atomic E-state index is 0.167. The lowest BCUT2D eigenvalue weighted by Crippen LogP contribution is -2.34. The van der Waals surface area contributed by atoms with E-state index < -0.39 is 17.5 Å².